The van der Waals surface area contributed by atoms with Gasteiger partial charge in [-0.25, -0.2) is 0 Å². The average Bonchev–Trinajstić information content (AvgIpc) is 3.00. The smallest absolute Gasteiger partial charge is 0.0976 e. The van der Waals surface area contributed by atoms with Crippen LogP contribution in [-0.4, -0.2) is 0 Å². The largest absolute Gasteiger partial charge is 0.310 e. The van der Waals surface area contributed by atoms with Gasteiger partial charge in [-0.3, -0.25) is 0 Å². The van der Waals surface area contributed by atoms with Gasteiger partial charge in [0.15, 0.2) is 0 Å². The van der Waals surface area contributed by atoms with Gasteiger partial charge in [-0.15, -0.1) is 0 Å². The normalized spacial score (nSPS) is 10.6. The first-order valence-corrected chi connectivity index (χ1v) is 13.5. The number of nitrogens with zero attached hydrogens (tertiary/aromatic N) is 2. The zero-order chi connectivity index (χ0) is 27.3. The van der Waals surface area contributed by atoms with Gasteiger partial charge in [-0.1, -0.05) is 78.9 Å². The van der Waals surface area contributed by atoms with Crippen LogP contribution in [0.4, 0.5) is 34.1 Å². The predicted octanol–water partition coefficient (Wildman–Crippen LogP) is 10.5. The lowest BCUT2D eigenvalue weighted by Crippen LogP contribution is -2.10. The lowest BCUT2D eigenvalue weighted by molar-refractivity contribution is 1.27. The maximum atomic E-state index is 3.30. The van der Waals surface area contributed by atoms with Gasteiger partial charge in [0.1, 0.15) is 0 Å². The van der Waals surface area contributed by atoms with Crippen molar-refractivity contribution in [3.05, 3.63) is 169 Å². The van der Waals surface area contributed by atoms with Crippen LogP contribution in [-0.2, 0) is 0 Å². The van der Waals surface area contributed by atoms with Crippen molar-refractivity contribution in [3.63, 3.8) is 0 Å². The average molecular weight is 515 g/mol. The van der Waals surface area contributed by atoms with Crippen molar-refractivity contribution < 1.29 is 0 Å². The van der Waals surface area contributed by atoms with Crippen LogP contribution in [0.2, 0.25) is 0 Å². The third-order valence-corrected chi connectivity index (χ3v) is 6.98. The van der Waals surface area contributed by atoms with E-state index in [1.165, 1.54) is 16.7 Å². The summed E-state index contributed by atoms with van der Waals surface area (Å²) in [7, 11) is 0. The van der Waals surface area contributed by atoms with Gasteiger partial charge in [0, 0.05) is 28.4 Å². The fraction of sp³-hybridized carbons (Fsp3) is 0.0526. The predicted molar refractivity (Wildman–Crippen MR) is 168 cm³/mol. The molecular weight excluding hydrogens is 484 g/mol. The van der Waals surface area contributed by atoms with Crippen LogP contribution in [0.25, 0.3) is 11.1 Å². The van der Waals surface area contributed by atoms with Crippen LogP contribution < -0.4 is 9.80 Å². The molecule has 0 heterocycles. The third kappa shape index (κ3) is 5.32. The molecule has 0 saturated heterocycles. The lowest BCUT2D eigenvalue weighted by Gasteiger charge is -2.26. The first-order chi connectivity index (χ1) is 19.7. The van der Waals surface area contributed by atoms with Crippen LogP contribution in [0.5, 0.6) is 0 Å². The number of para-hydroxylation sites is 2. The zero-order valence-electron chi connectivity index (χ0n) is 22.8. The van der Waals surface area contributed by atoms with Gasteiger partial charge in [0.2, 0.25) is 0 Å². The number of hydrogen-bond donors (Lipinski definition) is 0. The van der Waals surface area contributed by atoms with E-state index in [9.17, 15) is 0 Å². The highest BCUT2D eigenvalue weighted by molar-refractivity contribution is 5.80. The van der Waals surface area contributed by atoms with Crippen LogP contribution in [0.1, 0.15) is 11.1 Å². The molecule has 0 spiro atoms. The fourth-order valence-corrected chi connectivity index (χ4v) is 5.04. The Hall–Kier alpha value is -5.26. The van der Waals surface area contributed by atoms with E-state index in [0.29, 0.717) is 0 Å². The number of anilines is 6. The summed E-state index contributed by atoms with van der Waals surface area (Å²) in [4.78, 5) is 4.52. The summed E-state index contributed by atoms with van der Waals surface area (Å²) in [5, 5.41) is 0. The second-order valence-corrected chi connectivity index (χ2v) is 9.96. The minimum Gasteiger partial charge on any atom is -0.310 e. The van der Waals surface area contributed by atoms with Gasteiger partial charge in [0.25, 0.3) is 0 Å². The Kier molecular flexibility index (Phi) is 7.03. The Bertz CT molecular complexity index is 1560. The molecule has 0 N–H and O–H groups in total. The highest BCUT2D eigenvalue weighted by atomic mass is 15.1. The van der Waals surface area contributed by atoms with Crippen molar-refractivity contribution in [1.82, 2.24) is 0 Å². The molecule has 0 unspecified atom stereocenters. The summed E-state index contributed by atoms with van der Waals surface area (Å²) in [5.41, 5.74) is 11.3. The second kappa shape index (κ2) is 11.2. The zero-order valence-corrected chi connectivity index (χ0v) is 22.8. The van der Waals surface area contributed by atoms with E-state index in [-0.39, 0.29) is 0 Å². The molecule has 6 aromatic carbocycles. The van der Waals surface area contributed by atoms with Crippen molar-refractivity contribution in [2.24, 2.45) is 0 Å². The van der Waals surface area contributed by atoms with Crippen molar-refractivity contribution in [2.75, 3.05) is 9.80 Å². The van der Waals surface area contributed by atoms with Crippen molar-refractivity contribution in [2.45, 2.75) is 13.8 Å². The molecule has 0 aliphatic carbocycles. The fourth-order valence-electron chi connectivity index (χ4n) is 5.04. The molecule has 0 aliphatic rings. The molecule has 6 aromatic rings. The van der Waals surface area contributed by atoms with E-state index in [1.807, 2.05) is 12.1 Å². The van der Waals surface area contributed by atoms with Crippen molar-refractivity contribution >= 4 is 34.1 Å². The summed E-state index contributed by atoms with van der Waals surface area (Å²) in [6.07, 6.45) is 0. The topological polar surface area (TPSA) is 6.48 Å². The summed E-state index contributed by atoms with van der Waals surface area (Å²) in [6.45, 7) is 4.22. The van der Waals surface area contributed by atoms with E-state index in [1.54, 1.807) is 0 Å². The summed E-state index contributed by atoms with van der Waals surface area (Å²) in [6, 6.07) is 57.6. The van der Waals surface area contributed by atoms with Gasteiger partial charge >= 0.3 is 0 Å². The Balaban J connectivity index is 1.32. The molecule has 40 heavy (non-hydrogen) atoms. The molecule has 0 fully saturated rings. The van der Waals surface area contributed by atoms with Crippen LogP contribution in [0, 0.1) is 26.0 Å². The highest BCUT2D eigenvalue weighted by Gasteiger charge is 2.14. The minimum atomic E-state index is 0.973. The Morgan fingerprint density at radius 3 is 1.48 bits per heavy atom. The Morgan fingerprint density at radius 1 is 0.425 bits per heavy atom. The molecule has 0 amide bonds. The quantitative estimate of drug-likeness (QED) is 0.209. The molecule has 0 saturated carbocycles. The van der Waals surface area contributed by atoms with Crippen LogP contribution >= 0.6 is 0 Å². The third-order valence-electron chi connectivity index (χ3n) is 6.98. The molecule has 2 nitrogen and oxygen atoms in total. The van der Waals surface area contributed by atoms with E-state index in [4.69, 9.17) is 0 Å². The second-order valence-electron chi connectivity index (χ2n) is 9.96. The first-order valence-electron chi connectivity index (χ1n) is 13.5. The van der Waals surface area contributed by atoms with E-state index in [2.05, 4.69) is 169 Å². The highest BCUT2D eigenvalue weighted by Crippen LogP contribution is 2.37. The van der Waals surface area contributed by atoms with Crippen LogP contribution in [0.3, 0.4) is 0 Å². The van der Waals surface area contributed by atoms with Crippen molar-refractivity contribution in [3.8, 4) is 11.1 Å². The molecule has 0 bridgehead atoms. The maximum absolute atomic E-state index is 3.30. The molecule has 0 radical (unpaired) electrons. The monoisotopic (exact) mass is 514 g/mol. The summed E-state index contributed by atoms with van der Waals surface area (Å²) >= 11 is 0. The number of rotatable bonds is 7. The van der Waals surface area contributed by atoms with E-state index < -0.39 is 0 Å². The van der Waals surface area contributed by atoms with Gasteiger partial charge in [-0.05, 0) is 115 Å². The maximum Gasteiger partial charge on any atom is 0.0976 e. The van der Waals surface area contributed by atoms with E-state index in [0.717, 1.165) is 39.7 Å². The molecule has 2 heteroatoms. The SMILES string of the molecule is Cc1cc#cc(N(c2ccccc2)c2ccc(-c3ccc(N(c4ccccc4)c4cccc(C)c4)cc3)cc2)c1. The Morgan fingerprint density at radius 2 is 0.925 bits per heavy atom. The van der Waals surface area contributed by atoms with Crippen molar-refractivity contribution in [1.29, 1.82) is 0 Å². The van der Waals surface area contributed by atoms with E-state index >= 15 is 0 Å². The molecular formula is C38H30N2. The minimum absolute atomic E-state index is 0.973. The molecule has 0 aromatic heterocycles. The number of benzene rings is 5. The van der Waals surface area contributed by atoms with Gasteiger partial charge in [0.05, 0.1) is 5.69 Å². The first kappa shape index (κ1) is 25.0. The number of aryl methyl sites for hydroxylation is 2. The standard InChI is InChI=1S/C38H30N2/c1-29-11-9-17-37(27-29)39(33-13-5-3-6-14-33)35-23-19-31(20-24-35)32-21-25-36(26-22-32)40(34-15-7-4-8-16-34)38-18-10-12-30(2)28-38/h3-9,11-17,19-28H,1-2H3. The summed E-state index contributed by atoms with van der Waals surface area (Å²) in [5.74, 6) is 0. The molecule has 192 valence electrons. The molecule has 0 atom stereocenters. The number of hydrogen-bond acceptors (Lipinski definition) is 2. The lowest BCUT2D eigenvalue weighted by atomic mass is 10.0. The van der Waals surface area contributed by atoms with Crippen LogP contribution in [0.15, 0.2) is 146 Å². The van der Waals surface area contributed by atoms with Gasteiger partial charge in [-0.2, -0.15) is 0 Å². The van der Waals surface area contributed by atoms with Gasteiger partial charge < -0.3 is 9.80 Å². The molecule has 6 rings (SSSR count). The molecule has 0 aliphatic heterocycles. The Labute approximate surface area is 237 Å². The summed E-state index contributed by atoms with van der Waals surface area (Å²) < 4.78 is 0.